The SMILES string of the molecule is C=C(c1cccc(OC)c1)N1CCOCC1. The molecule has 1 saturated heterocycles. The van der Waals surface area contributed by atoms with Crippen molar-refractivity contribution in [2.24, 2.45) is 0 Å². The summed E-state index contributed by atoms with van der Waals surface area (Å²) in [6, 6.07) is 7.99. The van der Waals surface area contributed by atoms with E-state index in [2.05, 4.69) is 17.5 Å². The van der Waals surface area contributed by atoms with Gasteiger partial charge in [-0.2, -0.15) is 0 Å². The maximum absolute atomic E-state index is 5.32. The Hall–Kier alpha value is -1.48. The molecule has 0 aromatic heterocycles. The Morgan fingerprint density at radius 1 is 1.38 bits per heavy atom. The Labute approximate surface area is 96.3 Å². The summed E-state index contributed by atoms with van der Waals surface area (Å²) in [7, 11) is 1.68. The second-order valence-corrected chi connectivity index (χ2v) is 3.78. The first-order valence-electron chi connectivity index (χ1n) is 5.47. The summed E-state index contributed by atoms with van der Waals surface area (Å²) in [5.41, 5.74) is 2.16. The van der Waals surface area contributed by atoms with Crippen LogP contribution in [-0.4, -0.2) is 38.3 Å². The Morgan fingerprint density at radius 2 is 2.12 bits per heavy atom. The average molecular weight is 219 g/mol. The van der Waals surface area contributed by atoms with Crippen molar-refractivity contribution < 1.29 is 9.47 Å². The van der Waals surface area contributed by atoms with E-state index in [-0.39, 0.29) is 0 Å². The molecule has 2 rings (SSSR count). The molecule has 16 heavy (non-hydrogen) atoms. The van der Waals surface area contributed by atoms with Gasteiger partial charge >= 0.3 is 0 Å². The molecule has 3 nitrogen and oxygen atoms in total. The number of ether oxygens (including phenoxy) is 2. The third-order valence-corrected chi connectivity index (χ3v) is 2.80. The lowest BCUT2D eigenvalue weighted by atomic mass is 10.1. The predicted octanol–water partition coefficient (Wildman–Crippen LogP) is 2.00. The number of hydrogen-bond donors (Lipinski definition) is 0. The van der Waals surface area contributed by atoms with E-state index in [0.717, 1.165) is 43.3 Å². The van der Waals surface area contributed by atoms with Crippen molar-refractivity contribution in [3.63, 3.8) is 0 Å². The molecular weight excluding hydrogens is 202 g/mol. The maximum atomic E-state index is 5.32. The molecule has 1 aliphatic heterocycles. The Balaban J connectivity index is 2.12. The van der Waals surface area contributed by atoms with Gasteiger partial charge in [0.15, 0.2) is 0 Å². The lowest BCUT2D eigenvalue weighted by Gasteiger charge is -2.30. The zero-order valence-electron chi connectivity index (χ0n) is 9.61. The molecule has 1 fully saturated rings. The highest BCUT2D eigenvalue weighted by atomic mass is 16.5. The molecule has 86 valence electrons. The van der Waals surface area contributed by atoms with E-state index >= 15 is 0 Å². The third kappa shape index (κ3) is 2.36. The Kier molecular flexibility index (Phi) is 3.47. The summed E-state index contributed by atoms with van der Waals surface area (Å²) in [6.07, 6.45) is 0. The number of hydrogen-bond acceptors (Lipinski definition) is 3. The van der Waals surface area contributed by atoms with E-state index in [0.29, 0.717) is 0 Å². The molecular formula is C13H17NO2. The fraction of sp³-hybridized carbons (Fsp3) is 0.385. The number of rotatable bonds is 3. The zero-order chi connectivity index (χ0) is 11.4. The van der Waals surface area contributed by atoms with Crippen molar-refractivity contribution >= 4 is 5.70 Å². The number of morpholine rings is 1. The quantitative estimate of drug-likeness (QED) is 0.776. The van der Waals surface area contributed by atoms with Crippen LogP contribution >= 0.6 is 0 Å². The smallest absolute Gasteiger partial charge is 0.119 e. The van der Waals surface area contributed by atoms with Crippen molar-refractivity contribution in [2.45, 2.75) is 0 Å². The summed E-state index contributed by atoms with van der Waals surface area (Å²) >= 11 is 0. The van der Waals surface area contributed by atoms with Gasteiger partial charge in [0.05, 0.1) is 20.3 Å². The molecule has 0 atom stereocenters. The lowest BCUT2D eigenvalue weighted by Crippen LogP contribution is -2.34. The molecule has 0 radical (unpaired) electrons. The van der Waals surface area contributed by atoms with E-state index in [4.69, 9.17) is 9.47 Å². The fourth-order valence-corrected chi connectivity index (χ4v) is 1.82. The second-order valence-electron chi connectivity index (χ2n) is 3.78. The topological polar surface area (TPSA) is 21.7 Å². The molecule has 0 spiro atoms. The van der Waals surface area contributed by atoms with Gasteiger partial charge in [0.25, 0.3) is 0 Å². The highest BCUT2D eigenvalue weighted by molar-refractivity contribution is 5.63. The third-order valence-electron chi connectivity index (χ3n) is 2.80. The van der Waals surface area contributed by atoms with Crippen LogP contribution in [0.2, 0.25) is 0 Å². The largest absolute Gasteiger partial charge is 0.497 e. The van der Waals surface area contributed by atoms with Gasteiger partial charge in [0, 0.05) is 24.4 Å². The van der Waals surface area contributed by atoms with Crippen LogP contribution in [0.25, 0.3) is 5.70 Å². The molecule has 1 aromatic carbocycles. The minimum atomic E-state index is 0.781. The molecule has 0 bridgehead atoms. The van der Waals surface area contributed by atoms with Crippen LogP contribution in [0.5, 0.6) is 5.75 Å². The molecule has 0 aliphatic carbocycles. The molecule has 0 saturated carbocycles. The number of benzene rings is 1. The highest BCUT2D eigenvalue weighted by Gasteiger charge is 2.13. The van der Waals surface area contributed by atoms with Gasteiger partial charge in [-0.25, -0.2) is 0 Å². The first-order chi connectivity index (χ1) is 7.81. The van der Waals surface area contributed by atoms with E-state index < -0.39 is 0 Å². The molecule has 0 unspecified atom stereocenters. The van der Waals surface area contributed by atoms with Crippen molar-refractivity contribution in [1.82, 2.24) is 4.90 Å². The van der Waals surface area contributed by atoms with Gasteiger partial charge in [0.2, 0.25) is 0 Å². The van der Waals surface area contributed by atoms with Crippen LogP contribution in [-0.2, 0) is 4.74 Å². The second kappa shape index (κ2) is 5.03. The van der Waals surface area contributed by atoms with E-state index in [1.807, 2.05) is 18.2 Å². The van der Waals surface area contributed by atoms with Crippen molar-refractivity contribution in [2.75, 3.05) is 33.4 Å². The molecule has 0 amide bonds. The lowest BCUT2D eigenvalue weighted by molar-refractivity contribution is 0.0641. The van der Waals surface area contributed by atoms with Gasteiger partial charge in [-0.1, -0.05) is 18.7 Å². The van der Waals surface area contributed by atoms with Crippen LogP contribution in [0, 0.1) is 0 Å². The van der Waals surface area contributed by atoms with Crippen LogP contribution in [0.4, 0.5) is 0 Å². The average Bonchev–Trinajstić information content (AvgIpc) is 2.39. The molecule has 0 N–H and O–H groups in total. The van der Waals surface area contributed by atoms with E-state index in [9.17, 15) is 0 Å². The van der Waals surface area contributed by atoms with Gasteiger partial charge in [-0.3, -0.25) is 0 Å². The molecule has 1 aromatic rings. The van der Waals surface area contributed by atoms with Gasteiger partial charge in [-0.15, -0.1) is 0 Å². The normalized spacial score (nSPS) is 15.9. The van der Waals surface area contributed by atoms with Gasteiger partial charge in [-0.05, 0) is 12.1 Å². The van der Waals surface area contributed by atoms with Crippen LogP contribution in [0.1, 0.15) is 5.56 Å². The molecule has 3 heteroatoms. The van der Waals surface area contributed by atoms with Crippen molar-refractivity contribution in [1.29, 1.82) is 0 Å². The summed E-state index contributed by atoms with van der Waals surface area (Å²) in [5, 5.41) is 0. The Bertz CT molecular complexity index is 370. The predicted molar refractivity (Wildman–Crippen MR) is 64.4 cm³/mol. The fourth-order valence-electron chi connectivity index (χ4n) is 1.82. The first-order valence-corrected chi connectivity index (χ1v) is 5.47. The molecule has 1 aliphatic rings. The maximum Gasteiger partial charge on any atom is 0.119 e. The monoisotopic (exact) mass is 219 g/mol. The van der Waals surface area contributed by atoms with Gasteiger partial charge < -0.3 is 14.4 Å². The van der Waals surface area contributed by atoms with Crippen LogP contribution < -0.4 is 4.74 Å². The zero-order valence-corrected chi connectivity index (χ0v) is 9.61. The van der Waals surface area contributed by atoms with E-state index in [1.54, 1.807) is 7.11 Å². The highest BCUT2D eigenvalue weighted by Crippen LogP contribution is 2.22. The number of nitrogens with zero attached hydrogens (tertiary/aromatic N) is 1. The van der Waals surface area contributed by atoms with Crippen LogP contribution in [0.15, 0.2) is 30.8 Å². The van der Waals surface area contributed by atoms with E-state index in [1.165, 1.54) is 0 Å². The Morgan fingerprint density at radius 3 is 2.81 bits per heavy atom. The van der Waals surface area contributed by atoms with Crippen molar-refractivity contribution in [3.05, 3.63) is 36.4 Å². The van der Waals surface area contributed by atoms with Gasteiger partial charge in [0.1, 0.15) is 5.75 Å². The molecule has 1 heterocycles. The summed E-state index contributed by atoms with van der Waals surface area (Å²) in [4.78, 5) is 2.25. The standard InChI is InChI=1S/C13H17NO2/c1-11(14-6-8-16-9-7-14)12-4-3-5-13(10-12)15-2/h3-5,10H,1,6-9H2,2H3. The minimum absolute atomic E-state index is 0.781. The summed E-state index contributed by atoms with van der Waals surface area (Å²) in [6.45, 7) is 7.53. The number of methoxy groups -OCH3 is 1. The van der Waals surface area contributed by atoms with Crippen molar-refractivity contribution in [3.8, 4) is 5.75 Å². The minimum Gasteiger partial charge on any atom is -0.497 e. The summed E-state index contributed by atoms with van der Waals surface area (Å²) in [5.74, 6) is 0.868. The van der Waals surface area contributed by atoms with Crippen LogP contribution in [0.3, 0.4) is 0 Å². The first kappa shape index (κ1) is 11.0. The summed E-state index contributed by atoms with van der Waals surface area (Å²) < 4.78 is 10.5.